The van der Waals surface area contributed by atoms with Gasteiger partial charge in [-0.1, -0.05) is 0 Å². The Morgan fingerprint density at radius 3 is 2.59 bits per heavy atom. The molecule has 1 unspecified atom stereocenters. The van der Waals surface area contributed by atoms with E-state index >= 15 is 0 Å². The highest BCUT2D eigenvalue weighted by atomic mass is 16.2. The Bertz CT molecular complexity index is 259. The Balaban J connectivity index is 2.16. The van der Waals surface area contributed by atoms with Crippen LogP contribution in [0.4, 0.5) is 0 Å². The third kappa shape index (κ3) is 4.28. The van der Waals surface area contributed by atoms with Crippen LogP contribution < -0.4 is 11.1 Å². The van der Waals surface area contributed by atoms with Gasteiger partial charge in [0.15, 0.2) is 0 Å². The monoisotopic (exact) mass is 241 g/mol. The molecule has 1 saturated carbocycles. The van der Waals surface area contributed by atoms with E-state index in [1.165, 1.54) is 0 Å². The van der Waals surface area contributed by atoms with Gasteiger partial charge in [-0.2, -0.15) is 0 Å². The molecule has 0 spiro atoms. The smallest absolute Gasteiger partial charge is 0.240 e. The maximum absolute atomic E-state index is 11.9. The van der Waals surface area contributed by atoms with Crippen molar-refractivity contribution < 1.29 is 4.79 Å². The first kappa shape index (κ1) is 14.5. The predicted octanol–water partition coefficient (Wildman–Crippen LogP) is 0.960. The molecule has 17 heavy (non-hydrogen) atoms. The summed E-state index contributed by atoms with van der Waals surface area (Å²) < 4.78 is 0. The van der Waals surface area contributed by atoms with Gasteiger partial charge in [-0.25, -0.2) is 0 Å². The standard InChI is InChI=1S/C13H27N3O/c1-10(2)16(4)9-5-8-15-12(17)13(3,14)11-6-7-11/h10-11H,5-9,14H2,1-4H3,(H,15,17). The second-order valence-corrected chi connectivity index (χ2v) is 5.74. The Labute approximate surface area is 105 Å². The number of rotatable bonds is 7. The number of hydrogen-bond donors (Lipinski definition) is 2. The van der Waals surface area contributed by atoms with Crippen LogP contribution in [0.5, 0.6) is 0 Å². The molecule has 0 radical (unpaired) electrons. The lowest BCUT2D eigenvalue weighted by Crippen LogP contribution is -2.53. The van der Waals surface area contributed by atoms with E-state index in [0.717, 1.165) is 32.4 Å². The Kier molecular flexibility index (Phi) is 4.95. The zero-order valence-electron chi connectivity index (χ0n) is 11.6. The Hall–Kier alpha value is -0.610. The van der Waals surface area contributed by atoms with Crippen molar-refractivity contribution in [3.8, 4) is 0 Å². The molecule has 0 heterocycles. The molecule has 0 saturated heterocycles. The second-order valence-electron chi connectivity index (χ2n) is 5.74. The topological polar surface area (TPSA) is 58.4 Å². The fourth-order valence-electron chi connectivity index (χ4n) is 1.85. The first-order chi connectivity index (χ1) is 7.85. The molecule has 0 aromatic heterocycles. The van der Waals surface area contributed by atoms with E-state index in [-0.39, 0.29) is 5.91 Å². The normalized spacial score (nSPS) is 19.5. The van der Waals surface area contributed by atoms with Crippen molar-refractivity contribution >= 4 is 5.91 Å². The molecular weight excluding hydrogens is 214 g/mol. The van der Waals surface area contributed by atoms with Crippen molar-refractivity contribution in [2.24, 2.45) is 11.7 Å². The summed E-state index contributed by atoms with van der Waals surface area (Å²) in [5.41, 5.74) is 5.37. The van der Waals surface area contributed by atoms with Crippen LogP contribution in [0.2, 0.25) is 0 Å². The first-order valence-electron chi connectivity index (χ1n) is 6.63. The van der Waals surface area contributed by atoms with Crippen LogP contribution >= 0.6 is 0 Å². The molecule has 4 nitrogen and oxygen atoms in total. The van der Waals surface area contributed by atoms with E-state index in [2.05, 4.69) is 31.1 Å². The molecule has 1 aliphatic rings. The lowest BCUT2D eigenvalue weighted by atomic mass is 9.96. The van der Waals surface area contributed by atoms with Crippen LogP contribution in [0.25, 0.3) is 0 Å². The van der Waals surface area contributed by atoms with Gasteiger partial charge in [0.05, 0.1) is 5.54 Å². The third-order valence-electron chi connectivity index (χ3n) is 3.77. The minimum Gasteiger partial charge on any atom is -0.354 e. The molecule has 1 amide bonds. The average molecular weight is 241 g/mol. The summed E-state index contributed by atoms with van der Waals surface area (Å²) in [6, 6.07) is 0.553. The lowest BCUT2D eigenvalue weighted by molar-refractivity contribution is -0.126. The number of carbonyl (C=O) groups is 1. The van der Waals surface area contributed by atoms with Gasteiger partial charge in [-0.05, 0) is 59.5 Å². The predicted molar refractivity (Wildman–Crippen MR) is 70.7 cm³/mol. The van der Waals surface area contributed by atoms with Crippen LogP contribution in [0, 0.1) is 5.92 Å². The number of amides is 1. The summed E-state index contributed by atoms with van der Waals surface area (Å²) in [4.78, 5) is 14.1. The molecule has 4 heteroatoms. The highest BCUT2D eigenvalue weighted by Crippen LogP contribution is 2.37. The highest BCUT2D eigenvalue weighted by molar-refractivity contribution is 5.86. The van der Waals surface area contributed by atoms with Gasteiger partial charge in [0.25, 0.3) is 0 Å². The molecule has 1 fully saturated rings. The van der Waals surface area contributed by atoms with Gasteiger partial charge < -0.3 is 16.0 Å². The van der Waals surface area contributed by atoms with Crippen LogP contribution in [-0.2, 0) is 4.79 Å². The SMILES string of the molecule is CC(C)N(C)CCCNC(=O)C(C)(N)C1CC1. The van der Waals surface area contributed by atoms with Crippen molar-refractivity contribution in [3.05, 3.63) is 0 Å². The second kappa shape index (κ2) is 5.83. The fourth-order valence-corrected chi connectivity index (χ4v) is 1.85. The van der Waals surface area contributed by atoms with E-state index in [1.807, 2.05) is 6.92 Å². The van der Waals surface area contributed by atoms with Crippen LogP contribution in [0.15, 0.2) is 0 Å². The van der Waals surface area contributed by atoms with Crippen molar-refractivity contribution in [2.75, 3.05) is 20.1 Å². The van der Waals surface area contributed by atoms with Crippen molar-refractivity contribution in [3.63, 3.8) is 0 Å². The molecule has 1 atom stereocenters. The number of nitrogens with zero attached hydrogens (tertiary/aromatic N) is 1. The molecule has 0 aromatic rings. The maximum Gasteiger partial charge on any atom is 0.240 e. The number of carbonyl (C=O) groups excluding carboxylic acids is 1. The van der Waals surface area contributed by atoms with Crippen molar-refractivity contribution in [1.29, 1.82) is 0 Å². The van der Waals surface area contributed by atoms with Gasteiger partial charge in [-0.3, -0.25) is 4.79 Å². The molecule has 1 rings (SSSR count). The highest BCUT2D eigenvalue weighted by Gasteiger charge is 2.43. The minimum atomic E-state index is -0.663. The van der Waals surface area contributed by atoms with Gasteiger partial charge in [0.2, 0.25) is 5.91 Å². The van der Waals surface area contributed by atoms with Crippen molar-refractivity contribution in [2.45, 2.75) is 51.6 Å². The third-order valence-corrected chi connectivity index (χ3v) is 3.77. The molecule has 0 aromatic carbocycles. The van der Waals surface area contributed by atoms with Gasteiger partial charge in [0.1, 0.15) is 0 Å². The van der Waals surface area contributed by atoms with Gasteiger partial charge in [-0.15, -0.1) is 0 Å². The molecule has 100 valence electrons. The Morgan fingerprint density at radius 2 is 2.12 bits per heavy atom. The Morgan fingerprint density at radius 1 is 1.53 bits per heavy atom. The van der Waals surface area contributed by atoms with E-state index in [4.69, 9.17) is 5.73 Å². The number of hydrogen-bond acceptors (Lipinski definition) is 3. The van der Waals surface area contributed by atoms with Crippen LogP contribution in [0.3, 0.4) is 0 Å². The quantitative estimate of drug-likeness (QED) is 0.653. The average Bonchev–Trinajstić information content (AvgIpc) is 3.06. The zero-order valence-corrected chi connectivity index (χ0v) is 11.6. The van der Waals surface area contributed by atoms with Crippen LogP contribution in [0.1, 0.15) is 40.0 Å². The van der Waals surface area contributed by atoms with Gasteiger partial charge >= 0.3 is 0 Å². The van der Waals surface area contributed by atoms with E-state index in [1.54, 1.807) is 0 Å². The number of nitrogens with two attached hydrogens (primary N) is 1. The van der Waals surface area contributed by atoms with Gasteiger partial charge in [0, 0.05) is 12.6 Å². The van der Waals surface area contributed by atoms with E-state index < -0.39 is 5.54 Å². The summed E-state index contributed by atoms with van der Waals surface area (Å²) in [7, 11) is 2.10. The zero-order chi connectivity index (χ0) is 13.1. The van der Waals surface area contributed by atoms with E-state index in [9.17, 15) is 4.79 Å². The number of nitrogens with one attached hydrogen (secondary N) is 1. The molecule has 1 aliphatic carbocycles. The summed E-state index contributed by atoms with van der Waals surface area (Å²) in [5, 5.41) is 2.95. The summed E-state index contributed by atoms with van der Waals surface area (Å²) in [6.07, 6.45) is 3.16. The van der Waals surface area contributed by atoms with Crippen LogP contribution in [-0.4, -0.2) is 42.5 Å². The molecule has 3 N–H and O–H groups in total. The molecule has 0 bridgehead atoms. The molecule has 0 aliphatic heterocycles. The minimum absolute atomic E-state index is 0.00667. The van der Waals surface area contributed by atoms with E-state index in [0.29, 0.717) is 12.0 Å². The summed E-state index contributed by atoms with van der Waals surface area (Å²) in [5.74, 6) is 0.396. The largest absolute Gasteiger partial charge is 0.354 e. The lowest BCUT2D eigenvalue weighted by Gasteiger charge is -2.24. The molecular formula is C13H27N3O. The van der Waals surface area contributed by atoms with Crippen molar-refractivity contribution in [1.82, 2.24) is 10.2 Å². The fraction of sp³-hybridized carbons (Fsp3) is 0.923. The maximum atomic E-state index is 11.9. The summed E-state index contributed by atoms with van der Waals surface area (Å²) in [6.45, 7) is 7.91. The first-order valence-corrected chi connectivity index (χ1v) is 6.63. The summed E-state index contributed by atoms with van der Waals surface area (Å²) >= 11 is 0.